The molecular formula is C39H50F3N9O3. The van der Waals surface area contributed by atoms with E-state index in [4.69, 9.17) is 9.57 Å². The van der Waals surface area contributed by atoms with Gasteiger partial charge in [-0.3, -0.25) is 14.5 Å². The second kappa shape index (κ2) is 16.5. The van der Waals surface area contributed by atoms with Gasteiger partial charge in [-0.1, -0.05) is 18.7 Å². The van der Waals surface area contributed by atoms with Crippen LogP contribution in [0.2, 0.25) is 0 Å². The van der Waals surface area contributed by atoms with Crippen molar-refractivity contribution in [1.29, 1.82) is 0 Å². The summed E-state index contributed by atoms with van der Waals surface area (Å²) in [5, 5.41) is 7.81. The van der Waals surface area contributed by atoms with Crippen LogP contribution in [0.25, 0.3) is 0 Å². The minimum Gasteiger partial charge on any atom is -0.494 e. The third-order valence-corrected chi connectivity index (χ3v) is 11.3. The highest BCUT2D eigenvalue weighted by Gasteiger charge is 2.35. The van der Waals surface area contributed by atoms with E-state index in [0.717, 1.165) is 69.9 Å². The van der Waals surface area contributed by atoms with Crippen LogP contribution in [0.5, 0.6) is 5.75 Å². The van der Waals surface area contributed by atoms with Crippen LogP contribution in [-0.4, -0.2) is 116 Å². The maximum atomic E-state index is 13.5. The number of hydrogen-bond acceptors (Lipinski definition) is 11. The number of nitrogens with one attached hydrogen (secondary N) is 2. The van der Waals surface area contributed by atoms with Gasteiger partial charge in [0.05, 0.1) is 42.4 Å². The molecule has 1 amide bonds. The zero-order valence-electron chi connectivity index (χ0n) is 31.0. The number of likely N-dealkylation sites (tertiary alicyclic amines) is 1. The molecule has 54 heavy (non-hydrogen) atoms. The van der Waals surface area contributed by atoms with Gasteiger partial charge in [0.15, 0.2) is 5.82 Å². The number of carbonyl (C=O) groups excluding carboxylic acids is 1. The number of ether oxygens (including phenoxy) is 1. The molecule has 2 N–H and O–H groups in total. The maximum Gasteiger partial charge on any atom is 0.416 e. The lowest BCUT2D eigenvalue weighted by Crippen LogP contribution is -2.54. The Labute approximate surface area is 314 Å². The van der Waals surface area contributed by atoms with Crippen molar-refractivity contribution in [3.63, 3.8) is 0 Å². The average Bonchev–Trinajstić information content (AvgIpc) is 3.69. The van der Waals surface area contributed by atoms with E-state index in [1.165, 1.54) is 49.5 Å². The molecule has 3 aromatic rings. The molecule has 4 fully saturated rings. The molecule has 5 heterocycles. The predicted molar refractivity (Wildman–Crippen MR) is 203 cm³/mol. The Morgan fingerprint density at radius 2 is 1.61 bits per heavy atom. The molecule has 0 bridgehead atoms. The van der Waals surface area contributed by atoms with Gasteiger partial charge >= 0.3 is 6.18 Å². The van der Waals surface area contributed by atoms with Crippen molar-refractivity contribution in [1.82, 2.24) is 24.7 Å². The van der Waals surface area contributed by atoms with Crippen LogP contribution in [0.3, 0.4) is 0 Å². The Balaban J connectivity index is 1.04. The second-order valence-corrected chi connectivity index (χ2v) is 14.6. The summed E-state index contributed by atoms with van der Waals surface area (Å²) in [7, 11) is 3.80. The van der Waals surface area contributed by atoms with Crippen molar-refractivity contribution < 1.29 is 27.5 Å². The monoisotopic (exact) mass is 749 g/mol. The Bertz CT molecular complexity index is 1770. The molecule has 15 heteroatoms. The van der Waals surface area contributed by atoms with Crippen molar-refractivity contribution in [3.05, 3.63) is 72.6 Å². The van der Waals surface area contributed by atoms with E-state index in [9.17, 15) is 18.0 Å². The van der Waals surface area contributed by atoms with E-state index < -0.39 is 17.8 Å². The molecule has 0 spiro atoms. The Kier molecular flexibility index (Phi) is 11.6. The number of piperazine rings is 1. The van der Waals surface area contributed by atoms with E-state index in [1.54, 1.807) is 19.2 Å². The number of methoxy groups -OCH3 is 1. The molecule has 2 aromatic carbocycles. The van der Waals surface area contributed by atoms with Gasteiger partial charge in [0.25, 0.3) is 0 Å². The fraction of sp³-hybridized carbons (Fsp3) is 0.513. The SMILES string of the molecule is C=CC(=O)Nc1cc(Nc2cc(N3OCC[C@@H]3c3cccc(C(F)(F)F)c3)ncn2)c(OC)cc1N1CCC(N2CCC(N3CCN(C)CC3)CC2)CC1. The molecule has 1 atom stereocenters. The highest BCUT2D eigenvalue weighted by atomic mass is 19.4. The van der Waals surface area contributed by atoms with Crippen LogP contribution < -0.4 is 25.3 Å². The number of hydroxylamine groups is 1. The summed E-state index contributed by atoms with van der Waals surface area (Å²) >= 11 is 0. The largest absolute Gasteiger partial charge is 0.494 e. The van der Waals surface area contributed by atoms with Gasteiger partial charge in [-0.2, -0.15) is 13.2 Å². The van der Waals surface area contributed by atoms with Crippen molar-refractivity contribution >= 4 is 34.6 Å². The molecule has 0 saturated carbocycles. The lowest BCUT2D eigenvalue weighted by molar-refractivity contribution is -0.137. The lowest BCUT2D eigenvalue weighted by Gasteiger charge is -2.46. The van der Waals surface area contributed by atoms with Crippen molar-refractivity contribution in [3.8, 4) is 5.75 Å². The molecule has 0 aliphatic carbocycles. The maximum absolute atomic E-state index is 13.5. The lowest BCUT2D eigenvalue weighted by atomic mass is 9.96. The predicted octanol–water partition coefficient (Wildman–Crippen LogP) is 5.94. The number of piperidine rings is 2. The molecule has 4 saturated heterocycles. The summed E-state index contributed by atoms with van der Waals surface area (Å²) in [6.07, 6.45) is 3.15. The van der Waals surface area contributed by atoms with Gasteiger partial charge in [-0.05, 0) is 75.7 Å². The standard InChI is InChI=1S/C39H50F3N9O3/c1-4-38(52)46-31-23-32(45-36-25-37(44-26-43-36)51-33(12-21-54-51)27-6-5-7-28(22-27)39(40,41)42)35(53-3)24-34(31)50-15-10-29(11-16-50)48-13-8-30(9-14-48)49-19-17-47(2)18-20-49/h4-7,22-26,29-30,33H,1,8-21H2,2-3H3,(H,46,52)(H,43,44,45)/t33-/m1/s1. The Hall–Kier alpha value is -4.44. The van der Waals surface area contributed by atoms with Crippen LogP contribution in [-0.2, 0) is 15.8 Å². The smallest absolute Gasteiger partial charge is 0.416 e. The van der Waals surface area contributed by atoms with Crippen molar-refractivity contribution in [2.45, 2.75) is 56.4 Å². The first kappa shape index (κ1) is 37.9. The number of amides is 1. The van der Waals surface area contributed by atoms with E-state index in [1.807, 2.05) is 12.1 Å². The van der Waals surface area contributed by atoms with Crippen LogP contribution in [0.1, 0.15) is 49.3 Å². The number of halogens is 3. The highest BCUT2D eigenvalue weighted by molar-refractivity contribution is 6.02. The molecule has 1 aromatic heterocycles. The van der Waals surface area contributed by atoms with Gasteiger partial charge in [0.1, 0.15) is 17.9 Å². The van der Waals surface area contributed by atoms with Crippen LogP contribution in [0.4, 0.5) is 41.9 Å². The Morgan fingerprint density at radius 1 is 0.907 bits per heavy atom. The van der Waals surface area contributed by atoms with E-state index in [2.05, 4.69) is 53.8 Å². The fourth-order valence-corrected chi connectivity index (χ4v) is 8.25. The summed E-state index contributed by atoms with van der Waals surface area (Å²) in [5.74, 6) is 1.01. The van der Waals surface area contributed by atoms with Crippen LogP contribution in [0.15, 0.2) is 61.4 Å². The summed E-state index contributed by atoms with van der Waals surface area (Å²) in [6, 6.07) is 11.4. The van der Waals surface area contributed by atoms with Gasteiger partial charge < -0.3 is 30.1 Å². The number of benzene rings is 2. The van der Waals surface area contributed by atoms with E-state index in [0.29, 0.717) is 59.4 Å². The normalized spacial score (nSPS) is 21.3. The first-order valence-corrected chi connectivity index (χ1v) is 18.8. The Morgan fingerprint density at radius 3 is 2.30 bits per heavy atom. The molecule has 12 nitrogen and oxygen atoms in total. The number of alkyl halides is 3. The summed E-state index contributed by atoms with van der Waals surface area (Å²) in [6.45, 7) is 12.6. The van der Waals surface area contributed by atoms with E-state index >= 15 is 0 Å². The molecular weight excluding hydrogens is 699 g/mol. The van der Waals surface area contributed by atoms with Gasteiger partial charge in [0.2, 0.25) is 5.91 Å². The third-order valence-electron chi connectivity index (χ3n) is 11.3. The summed E-state index contributed by atoms with van der Waals surface area (Å²) < 4.78 is 46.3. The minimum atomic E-state index is -4.45. The van der Waals surface area contributed by atoms with Crippen molar-refractivity contribution in [2.75, 3.05) is 93.7 Å². The molecule has 290 valence electrons. The number of hydrogen-bond donors (Lipinski definition) is 2. The molecule has 0 radical (unpaired) electrons. The number of nitrogens with zero attached hydrogens (tertiary/aromatic N) is 7. The van der Waals surface area contributed by atoms with Crippen molar-refractivity contribution in [2.24, 2.45) is 0 Å². The fourth-order valence-electron chi connectivity index (χ4n) is 8.25. The zero-order chi connectivity index (χ0) is 37.8. The third kappa shape index (κ3) is 8.59. The molecule has 4 aliphatic rings. The highest BCUT2D eigenvalue weighted by Crippen LogP contribution is 2.41. The quantitative estimate of drug-likeness (QED) is 0.241. The number of rotatable bonds is 10. The second-order valence-electron chi connectivity index (χ2n) is 14.6. The average molecular weight is 750 g/mol. The molecule has 0 unspecified atom stereocenters. The van der Waals surface area contributed by atoms with Crippen LogP contribution >= 0.6 is 0 Å². The van der Waals surface area contributed by atoms with Crippen LogP contribution in [0, 0.1) is 0 Å². The number of aromatic nitrogens is 2. The first-order chi connectivity index (χ1) is 26.1. The first-order valence-electron chi connectivity index (χ1n) is 18.8. The summed E-state index contributed by atoms with van der Waals surface area (Å²) in [5.41, 5.74) is 1.78. The summed E-state index contributed by atoms with van der Waals surface area (Å²) in [4.78, 5) is 37.4. The van der Waals surface area contributed by atoms with E-state index in [-0.39, 0.29) is 5.91 Å². The molecule has 7 rings (SSSR count). The van der Waals surface area contributed by atoms with Gasteiger partial charge in [0, 0.05) is 69.9 Å². The van der Waals surface area contributed by atoms with Gasteiger partial charge in [-0.25, -0.2) is 15.0 Å². The minimum absolute atomic E-state index is 0.321. The number of likely N-dealkylation sites (N-methyl/N-ethyl adjacent to an activating group) is 1. The number of carbonyl (C=O) groups is 1. The zero-order valence-corrected chi connectivity index (χ0v) is 31.0. The topological polar surface area (TPSA) is 102 Å². The van der Waals surface area contributed by atoms with Gasteiger partial charge in [-0.15, -0.1) is 0 Å². The number of anilines is 5. The molecule has 4 aliphatic heterocycles.